The fraction of sp³-hybridized carbons (Fsp3) is 0.385. The first-order chi connectivity index (χ1) is 16.6. The second-order valence-electron chi connectivity index (χ2n) is 8.28. The molecule has 8 nitrogen and oxygen atoms in total. The van der Waals surface area contributed by atoms with Crippen molar-refractivity contribution in [3.63, 3.8) is 0 Å². The molecule has 0 unspecified atom stereocenters. The van der Waals surface area contributed by atoms with Crippen molar-refractivity contribution in [2.24, 2.45) is 0 Å². The van der Waals surface area contributed by atoms with Crippen molar-refractivity contribution in [1.29, 1.82) is 0 Å². The van der Waals surface area contributed by atoms with Crippen molar-refractivity contribution in [1.82, 2.24) is 15.2 Å². The van der Waals surface area contributed by atoms with E-state index in [1.54, 1.807) is 14.2 Å². The zero-order valence-electron chi connectivity index (χ0n) is 19.7. The molecule has 1 fully saturated rings. The average Bonchev–Trinajstić information content (AvgIpc) is 3.56. The molecule has 1 amide bonds. The van der Waals surface area contributed by atoms with E-state index in [0.717, 1.165) is 42.1 Å². The lowest BCUT2D eigenvalue weighted by molar-refractivity contribution is 0.0853. The van der Waals surface area contributed by atoms with Gasteiger partial charge in [-0.15, -0.1) is 0 Å². The number of benzene rings is 2. The van der Waals surface area contributed by atoms with Gasteiger partial charge in [-0.2, -0.15) is 0 Å². The number of methoxy groups -OCH3 is 2. The van der Waals surface area contributed by atoms with Crippen molar-refractivity contribution in [3.8, 4) is 11.5 Å². The van der Waals surface area contributed by atoms with Crippen LogP contribution in [0.1, 0.15) is 40.3 Å². The smallest absolute Gasteiger partial charge is 0.273 e. The number of hydrogen-bond donors (Lipinski definition) is 1. The summed E-state index contributed by atoms with van der Waals surface area (Å²) < 4.78 is 22.1. The molecule has 0 radical (unpaired) electrons. The third kappa shape index (κ3) is 6.36. The van der Waals surface area contributed by atoms with Crippen LogP contribution in [0, 0.1) is 0 Å². The first-order valence-corrected chi connectivity index (χ1v) is 11.5. The molecule has 2 aromatic carbocycles. The van der Waals surface area contributed by atoms with Gasteiger partial charge in [-0.1, -0.05) is 36.4 Å². The standard InChI is InChI=1S/C26H31N3O5/c1-31-21-11-10-20(24(13-21)32-2)16-29(15-19-7-4-3-5-8-19)17-25-28-23(18-34-25)26(30)27-14-22-9-6-12-33-22/h3-5,7-8,10-11,13,18,22H,6,9,12,14-17H2,1-2H3,(H,27,30)/t22-/m0/s1. The van der Waals surface area contributed by atoms with Crippen molar-refractivity contribution < 1.29 is 23.4 Å². The molecule has 4 rings (SSSR count). The Kier molecular flexibility index (Phi) is 8.17. The largest absolute Gasteiger partial charge is 0.497 e. The molecule has 0 aliphatic carbocycles. The number of amides is 1. The Bertz CT molecular complexity index is 1060. The molecular weight excluding hydrogens is 434 g/mol. The highest BCUT2D eigenvalue weighted by Crippen LogP contribution is 2.27. The average molecular weight is 466 g/mol. The summed E-state index contributed by atoms with van der Waals surface area (Å²) in [5.74, 6) is 1.71. The van der Waals surface area contributed by atoms with Gasteiger partial charge in [0.2, 0.25) is 5.89 Å². The molecule has 8 heteroatoms. The molecular formula is C26H31N3O5. The molecule has 0 saturated carbocycles. The van der Waals surface area contributed by atoms with Gasteiger partial charge in [-0.05, 0) is 24.5 Å². The third-order valence-corrected chi connectivity index (χ3v) is 5.79. The number of hydrogen-bond acceptors (Lipinski definition) is 7. The highest BCUT2D eigenvalue weighted by atomic mass is 16.5. The summed E-state index contributed by atoms with van der Waals surface area (Å²) >= 11 is 0. The number of oxazole rings is 1. The maximum Gasteiger partial charge on any atom is 0.273 e. The number of ether oxygens (including phenoxy) is 3. The van der Waals surface area contributed by atoms with Gasteiger partial charge in [0, 0.05) is 37.9 Å². The first-order valence-electron chi connectivity index (χ1n) is 11.5. The van der Waals surface area contributed by atoms with Gasteiger partial charge in [-0.25, -0.2) is 4.98 Å². The second kappa shape index (κ2) is 11.7. The van der Waals surface area contributed by atoms with Crippen LogP contribution in [0.3, 0.4) is 0 Å². The summed E-state index contributed by atoms with van der Waals surface area (Å²) in [5.41, 5.74) is 2.45. The second-order valence-corrected chi connectivity index (χ2v) is 8.28. The molecule has 1 saturated heterocycles. The maximum atomic E-state index is 12.5. The van der Waals surface area contributed by atoms with E-state index < -0.39 is 0 Å². The quantitative estimate of drug-likeness (QED) is 0.461. The van der Waals surface area contributed by atoms with E-state index in [4.69, 9.17) is 18.6 Å². The summed E-state index contributed by atoms with van der Waals surface area (Å²) in [4.78, 5) is 19.1. The van der Waals surface area contributed by atoms with Crippen molar-refractivity contribution in [3.05, 3.63) is 77.5 Å². The Morgan fingerprint density at radius 3 is 2.71 bits per heavy atom. The lowest BCUT2D eigenvalue weighted by Crippen LogP contribution is -2.32. The Morgan fingerprint density at radius 1 is 1.12 bits per heavy atom. The van der Waals surface area contributed by atoms with Crippen LogP contribution >= 0.6 is 0 Å². The zero-order chi connectivity index (χ0) is 23.8. The highest BCUT2D eigenvalue weighted by Gasteiger charge is 2.20. The SMILES string of the molecule is COc1ccc(CN(Cc2ccccc2)Cc2nc(C(=O)NC[C@@H]3CCCO3)co2)c(OC)c1. The van der Waals surface area contributed by atoms with Gasteiger partial charge in [0.15, 0.2) is 5.69 Å². The molecule has 34 heavy (non-hydrogen) atoms. The van der Waals surface area contributed by atoms with Gasteiger partial charge in [0.05, 0.1) is 26.9 Å². The van der Waals surface area contributed by atoms with Crippen LogP contribution in [-0.2, 0) is 24.4 Å². The third-order valence-electron chi connectivity index (χ3n) is 5.79. The molecule has 1 atom stereocenters. The predicted molar refractivity (Wildman–Crippen MR) is 127 cm³/mol. The molecule has 3 aromatic rings. The molecule has 1 aromatic heterocycles. The van der Waals surface area contributed by atoms with Gasteiger partial charge in [0.1, 0.15) is 17.8 Å². The van der Waals surface area contributed by atoms with E-state index in [1.807, 2.05) is 36.4 Å². The minimum absolute atomic E-state index is 0.0798. The summed E-state index contributed by atoms with van der Waals surface area (Å²) in [6.07, 6.45) is 3.49. The Labute approximate surface area is 199 Å². The summed E-state index contributed by atoms with van der Waals surface area (Å²) in [6, 6.07) is 16.0. The first kappa shape index (κ1) is 23.8. The van der Waals surface area contributed by atoms with Gasteiger partial charge in [-0.3, -0.25) is 9.69 Å². The van der Waals surface area contributed by atoms with Crippen LogP contribution in [-0.4, -0.2) is 49.3 Å². The molecule has 1 aliphatic heterocycles. The van der Waals surface area contributed by atoms with Gasteiger partial charge in [0.25, 0.3) is 5.91 Å². The predicted octanol–water partition coefficient (Wildman–Crippen LogP) is 3.80. The van der Waals surface area contributed by atoms with Crippen LogP contribution in [0.4, 0.5) is 0 Å². The van der Waals surface area contributed by atoms with Crippen molar-refractivity contribution in [2.45, 2.75) is 38.6 Å². The van der Waals surface area contributed by atoms with Crippen LogP contribution in [0.5, 0.6) is 11.5 Å². The Hall–Kier alpha value is -3.36. The van der Waals surface area contributed by atoms with E-state index in [2.05, 4.69) is 27.3 Å². The molecule has 1 aliphatic rings. The maximum absolute atomic E-state index is 12.5. The lowest BCUT2D eigenvalue weighted by atomic mass is 10.1. The fourth-order valence-electron chi connectivity index (χ4n) is 4.01. The van der Waals surface area contributed by atoms with E-state index in [-0.39, 0.29) is 17.7 Å². The Morgan fingerprint density at radius 2 is 1.97 bits per heavy atom. The number of nitrogens with zero attached hydrogens (tertiary/aromatic N) is 2. The highest BCUT2D eigenvalue weighted by molar-refractivity contribution is 5.91. The van der Waals surface area contributed by atoms with E-state index in [9.17, 15) is 4.79 Å². The summed E-state index contributed by atoms with van der Waals surface area (Å²) in [5, 5.41) is 2.88. The van der Waals surface area contributed by atoms with E-state index in [0.29, 0.717) is 32.1 Å². The molecule has 1 N–H and O–H groups in total. The topological polar surface area (TPSA) is 86.1 Å². The lowest BCUT2D eigenvalue weighted by Gasteiger charge is -2.22. The Balaban J connectivity index is 1.46. The monoisotopic (exact) mass is 465 g/mol. The fourth-order valence-corrected chi connectivity index (χ4v) is 4.01. The van der Waals surface area contributed by atoms with Crippen LogP contribution in [0.15, 0.2) is 59.2 Å². The number of rotatable bonds is 11. The minimum atomic E-state index is -0.253. The number of carbonyl (C=O) groups is 1. The summed E-state index contributed by atoms with van der Waals surface area (Å²) in [6.45, 7) is 2.95. The number of carbonyl (C=O) groups excluding carboxylic acids is 1. The number of aromatic nitrogens is 1. The van der Waals surface area contributed by atoms with Gasteiger partial charge < -0.3 is 23.9 Å². The minimum Gasteiger partial charge on any atom is -0.497 e. The van der Waals surface area contributed by atoms with E-state index >= 15 is 0 Å². The molecule has 0 spiro atoms. The summed E-state index contributed by atoms with van der Waals surface area (Å²) in [7, 11) is 3.28. The van der Waals surface area contributed by atoms with Crippen LogP contribution in [0.25, 0.3) is 0 Å². The molecule has 2 heterocycles. The van der Waals surface area contributed by atoms with Crippen LogP contribution < -0.4 is 14.8 Å². The normalized spacial score (nSPS) is 15.4. The molecule has 0 bridgehead atoms. The van der Waals surface area contributed by atoms with Crippen LogP contribution in [0.2, 0.25) is 0 Å². The van der Waals surface area contributed by atoms with Crippen molar-refractivity contribution >= 4 is 5.91 Å². The van der Waals surface area contributed by atoms with E-state index in [1.165, 1.54) is 6.26 Å². The van der Waals surface area contributed by atoms with Gasteiger partial charge >= 0.3 is 0 Å². The number of nitrogens with one attached hydrogen (secondary N) is 1. The molecule has 180 valence electrons. The van der Waals surface area contributed by atoms with Crippen molar-refractivity contribution in [2.75, 3.05) is 27.4 Å². The zero-order valence-corrected chi connectivity index (χ0v) is 19.7.